The predicted molar refractivity (Wildman–Crippen MR) is 110 cm³/mol. The normalized spacial score (nSPS) is 14.1. The largest absolute Gasteiger partial charge is 0.382 e. The lowest BCUT2D eigenvalue weighted by atomic mass is 9.90. The van der Waals surface area contributed by atoms with Crippen molar-refractivity contribution in [3.63, 3.8) is 0 Å². The summed E-state index contributed by atoms with van der Waals surface area (Å²) in [6.45, 7) is 7.18. The number of nitrogens with zero attached hydrogens (tertiary/aromatic N) is 4. The first kappa shape index (κ1) is 23.7. The zero-order valence-electron chi connectivity index (χ0n) is 15.3. The van der Waals surface area contributed by atoms with Crippen LogP contribution in [0.25, 0.3) is 0 Å². The maximum atomic E-state index is 14.5. The Labute approximate surface area is 173 Å². The summed E-state index contributed by atoms with van der Waals surface area (Å²) in [5.41, 5.74) is -1.66. The number of rotatable bonds is 7. The number of thiocarbonyl (C=S) groups is 1. The van der Waals surface area contributed by atoms with Crippen LogP contribution in [0.4, 0.5) is 8.78 Å². The van der Waals surface area contributed by atoms with Gasteiger partial charge >= 0.3 is 0 Å². The predicted octanol–water partition coefficient (Wildman–Crippen LogP) is 3.61. The van der Waals surface area contributed by atoms with Crippen molar-refractivity contribution in [2.24, 2.45) is 0 Å². The quantitative estimate of drug-likeness (QED) is 0.669. The van der Waals surface area contributed by atoms with Gasteiger partial charge in [-0.05, 0) is 26.8 Å². The van der Waals surface area contributed by atoms with Crippen molar-refractivity contribution >= 4 is 40.7 Å². The van der Waals surface area contributed by atoms with Gasteiger partial charge in [0, 0.05) is 30.0 Å². The van der Waals surface area contributed by atoms with Gasteiger partial charge in [0.05, 0.1) is 6.54 Å². The maximum Gasteiger partial charge on any atom is 0.137 e. The molecular formula is C17H23ClF2N4OS2. The highest BCUT2D eigenvalue weighted by Crippen LogP contribution is 2.37. The number of thioether (sulfide) groups is 1. The Morgan fingerprint density at radius 1 is 1.37 bits per heavy atom. The molecule has 27 heavy (non-hydrogen) atoms. The molecular weight excluding hydrogens is 414 g/mol. The molecule has 0 spiro atoms. The number of aromatic nitrogens is 3. The molecule has 2 aromatic rings. The van der Waals surface area contributed by atoms with Crippen molar-refractivity contribution in [1.82, 2.24) is 19.7 Å². The van der Waals surface area contributed by atoms with Crippen LogP contribution in [0, 0.1) is 11.6 Å². The van der Waals surface area contributed by atoms with Gasteiger partial charge in [-0.15, -0.1) is 12.4 Å². The number of benzene rings is 1. The van der Waals surface area contributed by atoms with E-state index in [9.17, 15) is 13.9 Å². The number of hydrogen-bond donors (Lipinski definition) is 1. The van der Waals surface area contributed by atoms with Gasteiger partial charge in [-0.2, -0.15) is 5.10 Å². The Balaban J connectivity index is 0.00000364. The Morgan fingerprint density at radius 2 is 2.04 bits per heavy atom. The van der Waals surface area contributed by atoms with Crippen molar-refractivity contribution in [2.75, 3.05) is 13.1 Å². The maximum absolute atomic E-state index is 14.5. The third-order valence-electron chi connectivity index (χ3n) is 4.24. The Bertz CT molecular complexity index is 747. The monoisotopic (exact) mass is 436 g/mol. The summed E-state index contributed by atoms with van der Waals surface area (Å²) in [6.07, 6.45) is 2.77. The molecule has 1 N–H and O–H groups in total. The van der Waals surface area contributed by atoms with Crippen LogP contribution in [0.5, 0.6) is 0 Å². The van der Waals surface area contributed by atoms with Crippen molar-refractivity contribution in [3.05, 3.63) is 48.1 Å². The highest BCUT2D eigenvalue weighted by atomic mass is 35.5. The minimum atomic E-state index is -1.66. The zero-order valence-corrected chi connectivity index (χ0v) is 17.8. The number of halogens is 3. The van der Waals surface area contributed by atoms with Crippen LogP contribution in [0.3, 0.4) is 0 Å². The number of aliphatic hydroxyl groups is 1. The van der Waals surface area contributed by atoms with E-state index in [-0.39, 0.29) is 24.5 Å². The summed E-state index contributed by atoms with van der Waals surface area (Å²) in [7, 11) is 0. The van der Waals surface area contributed by atoms with E-state index in [0.29, 0.717) is 4.32 Å². The fourth-order valence-electron chi connectivity index (χ4n) is 2.64. The fraction of sp³-hybridized carbons (Fsp3) is 0.471. The van der Waals surface area contributed by atoms with Gasteiger partial charge in [-0.1, -0.05) is 30.0 Å². The highest BCUT2D eigenvalue weighted by Gasteiger charge is 2.40. The van der Waals surface area contributed by atoms with Gasteiger partial charge in [0.2, 0.25) is 0 Å². The first-order valence-electron chi connectivity index (χ1n) is 8.27. The SMILES string of the molecule is CCN(CC)C(=S)S[C@H](C)[C@](O)(Cn1cncn1)c1ccc(F)cc1F.Cl. The molecule has 2 atom stereocenters. The van der Waals surface area contributed by atoms with E-state index in [4.69, 9.17) is 12.2 Å². The van der Waals surface area contributed by atoms with Crippen molar-refractivity contribution in [3.8, 4) is 0 Å². The van der Waals surface area contributed by atoms with Crippen molar-refractivity contribution in [1.29, 1.82) is 0 Å². The lowest BCUT2D eigenvalue weighted by Gasteiger charge is -2.35. The van der Waals surface area contributed by atoms with Crippen LogP contribution in [-0.2, 0) is 12.1 Å². The van der Waals surface area contributed by atoms with E-state index in [2.05, 4.69) is 10.1 Å². The number of hydrogen-bond acceptors (Lipinski definition) is 5. The lowest BCUT2D eigenvalue weighted by Crippen LogP contribution is -2.43. The molecule has 0 aliphatic heterocycles. The Kier molecular flexibility index (Phi) is 9.07. The molecule has 5 nitrogen and oxygen atoms in total. The van der Waals surface area contributed by atoms with Crippen molar-refractivity contribution < 1.29 is 13.9 Å². The fourth-order valence-corrected chi connectivity index (χ4v) is 4.44. The average molecular weight is 437 g/mol. The van der Waals surface area contributed by atoms with Gasteiger partial charge in [0.1, 0.15) is 34.2 Å². The van der Waals surface area contributed by atoms with Crippen LogP contribution in [-0.4, -0.2) is 47.4 Å². The van der Waals surface area contributed by atoms with Crippen LogP contribution >= 0.6 is 36.4 Å². The van der Waals surface area contributed by atoms with Crippen LogP contribution in [0.15, 0.2) is 30.9 Å². The molecule has 0 radical (unpaired) electrons. The molecule has 0 amide bonds. The summed E-state index contributed by atoms with van der Waals surface area (Å²) in [6, 6.07) is 3.16. The second kappa shape index (κ2) is 10.3. The first-order chi connectivity index (χ1) is 12.3. The van der Waals surface area contributed by atoms with E-state index in [0.717, 1.165) is 25.2 Å². The average Bonchev–Trinajstić information content (AvgIpc) is 3.08. The Hall–Kier alpha value is -1.29. The van der Waals surface area contributed by atoms with Gasteiger partial charge in [0.25, 0.3) is 0 Å². The topological polar surface area (TPSA) is 54.2 Å². The summed E-state index contributed by atoms with van der Waals surface area (Å²) in [5, 5.41) is 14.9. The second-order valence-electron chi connectivity index (χ2n) is 5.84. The summed E-state index contributed by atoms with van der Waals surface area (Å²) in [4.78, 5) is 5.84. The molecule has 0 aliphatic rings. The minimum Gasteiger partial charge on any atom is -0.382 e. The lowest BCUT2D eigenvalue weighted by molar-refractivity contribution is 0.0135. The molecule has 0 aliphatic carbocycles. The third kappa shape index (κ3) is 5.60. The molecule has 0 saturated carbocycles. The molecule has 10 heteroatoms. The van der Waals surface area contributed by atoms with E-state index in [1.807, 2.05) is 18.7 Å². The molecule has 2 rings (SSSR count). The van der Waals surface area contributed by atoms with Crippen LogP contribution < -0.4 is 0 Å². The molecule has 1 aromatic carbocycles. The molecule has 1 heterocycles. The smallest absolute Gasteiger partial charge is 0.137 e. The molecule has 0 unspecified atom stereocenters. The van der Waals surface area contributed by atoms with E-state index in [1.54, 1.807) is 6.92 Å². The van der Waals surface area contributed by atoms with Crippen molar-refractivity contribution in [2.45, 2.75) is 38.2 Å². The van der Waals surface area contributed by atoms with Gasteiger partial charge < -0.3 is 10.0 Å². The van der Waals surface area contributed by atoms with Gasteiger partial charge in [0.15, 0.2) is 0 Å². The second-order valence-corrected chi connectivity index (χ2v) is 7.81. The summed E-state index contributed by atoms with van der Waals surface area (Å²) < 4.78 is 29.8. The third-order valence-corrected chi connectivity index (χ3v) is 5.99. The molecule has 150 valence electrons. The van der Waals surface area contributed by atoms with Gasteiger partial charge in [-0.25, -0.2) is 18.4 Å². The zero-order chi connectivity index (χ0) is 19.3. The molecule has 1 aromatic heterocycles. The van der Waals surface area contributed by atoms with E-state index in [1.165, 1.54) is 35.2 Å². The van der Waals surface area contributed by atoms with Crippen LogP contribution in [0.1, 0.15) is 26.3 Å². The highest BCUT2D eigenvalue weighted by molar-refractivity contribution is 8.23. The van der Waals surface area contributed by atoms with Gasteiger partial charge in [-0.3, -0.25) is 0 Å². The van der Waals surface area contributed by atoms with E-state index >= 15 is 0 Å². The molecule has 0 saturated heterocycles. The molecule has 0 fully saturated rings. The summed E-state index contributed by atoms with van der Waals surface area (Å²) in [5.74, 6) is -1.51. The van der Waals surface area contributed by atoms with E-state index < -0.39 is 22.5 Å². The summed E-state index contributed by atoms with van der Waals surface area (Å²) >= 11 is 6.74. The first-order valence-corrected chi connectivity index (χ1v) is 9.56. The van der Waals surface area contributed by atoms with Crippen LogP contribution in [0.2, 0.25) is 0 Å². The standard InChI is InChI=1S/C17H22F2N4OS2.ClH/c1-4-22(5-2)16(25)26-12(3)17(24,9-23-11-20-10-21-23)14-7-6-13(18)8-15(14)19;/h6-8,10-12,24H,4-5,9H2,1-3H3;1H/t12-,17-;/m1./s1. The minimum absolute atomic E-state index is 0. The molecule has 0 bridgehead atoms. The Morgan fingerprint density at radius 3 is 2.56 bits per heavy atom.